The van der Waals surface area contributed by atoms with Crippen molar-refractivity contribution in [2.45, 2.75) is 13.3 Å². The van der Waals surface area contributed by atoms with Crippen LogP contribution in [0.5, 0.6) is 0 Å². The summed E-state index contributed by atoms with van der Waals surface area (Å²) in [6, 6.07) is 9.31. The van der Waals surface area contributed by atoms with E-state index in [9.17, 15) is 14.0 Å². The quantitative estimate of drug-likeness (QED) is 0.855. The zero-order valence-electron chi connectivity index (χ0n) is 13.4. The largest absolute Gasteiger partial charge is 0.325 e. The van der Waals surface area contributed by atoms with Crippen molar-refractivity contribution in [1.82, 2.24) is 0 Å². The van der Waals surface area contributed by atoms with Gasteiger partial charge < -0.3 is 10.2 Å². The second-order valence-electron chi connectivity index (χ2n) is 5.91. The number of halogens is 3. The van der Waals surface area contributed by atoms with E-state index in [1.807, 2.05) is 6.92 Å². The Kier molecular flexibility index (Phi) is 4.97. The predicted molar refractivity (Wildman–Crippen MR) is 96.7 cm³/mol. The molecule has 25 heavy (non-hydrogen) atoms. The predicted octanol–water partition coefficient (Wildman–Crippen LogP) is 4.43. The molecule has 0 spiro atoms. The van der Waals surface area contributed by atoms with Crippen LogP contribution in [0.1, 0.15) is 12.0 Å². The first kappa shape index (κ1) is 17.7. The van der Waals surface area contributed by atoms with Crippen LogP contribution in [-0.2, 0) is 9.59 Å². The van der Waals surface area contributed by atoms with Crippen molar-refractivity contribution in [3.8, 4) is 0 Å². The lowest BCUT2D eigenvalue weighted by Gasteiger charge is -2.17. The maximum atomic E-state index is 13.3. The van der Waals surface area contributed by atoms with E-state index in [1.54, 1.807) is 18.2 Å². The van der Waals surface area contributed by atoms with Gasteiger partial charge in [0.25, 0.3) is 0 Å². The molecule has 3 rings (SSSR count). The van der Waals surface area contributed by atoms with Gasteiger partial charge in [0.2, 0.25) is 11.8 Å². The first-order valence-corrected chi connectivity index (χ1v) is 8.44. The van der Waals surface area contributed by atoms with Gasteiger partial charge in [-0.1, -0.05) is 29.3 Å². The summed E-state index contributed by atoms with van der Waals surface area (Å²) in [7, 11) is 0. The van der Waals surface area contributed by atoms with Crippen LogP contribution in [0.3, 0.4) is 0 Å². The molecule has 1 aliphatic heterocycles. The highest BCUT2D eigenvalue weighted by atomic mass is 35.5. The Bertz CT molecular complexity index is 857. The molecule has 4 nitrogen and oxygen atoms in total. The van der Waals surface area contributed by atoms with Gasteiger partial charge in [-0.15, -0.1) is 0 Å². The Morgan fingerprint density at radius 3 is 2.72 bits per heavy atom. The third kappa shape index (κ3) is 3.62. The first-order valence-electron chi connectivity index (χ1n) is 7.68. The molecule has 1 atom stereocenters. The van der Waals surface area contributed by atoms with Crippen molar-refractivity contribution < 1.29 is 14.0 Å². The second-order valence-corrected chi connectivity index (χ2v) is 6.72. The molecule has 0 bridgehead atoms. The maximum absolute atomic E-state index is 13.3. The van der Waals surface area contributed by atoms with Gasteiger partial charge in [-0.25, -0.2) is 4.39 Å². The Balaban J connectivity index is 1.74. The minimum atomic E-state index is -0.553. The van der Waals surface area contributed by atoms with Crippen LogP contribution in [0.4, 0.5) is 15.8 Å². The molecule has 1 saturated heterocycles. The molecule has 1 fully saturated rings. The first-order chi connectivity index (χ1) is 11.9. The Morgan fingerprint density at radius 1 is 1.24 bits per heavy atom. The number of carbonyl (C=O) groups excluding carboxylic acids is 2. The molecule has 130 valence electrons. The molecule has 0 aromatic heterocycles. The highest BCUT2D eigenvalue weighted by molar-refractivity contribution is 6.32. The SMILES string of the molecule is Cc1c(Cl)cccc1NC(=O)C1CC(=O)N(c2ccc(F)c(Cl)c2)C1. The summed E-state index contributed by atoms with van der Waals surface area (Å²) in [6.45, 7) is 2.02. The fraction of sp³-hybridized carbons (Fsp3) is 0.222. The van der Waals surface area contributed by atoms with Crippen LogP contribution in [0.2, 0.25) is 10.0 Å². The molecular formula is C18H15Cl2FN2O2. The topological polar surface area (TPSA) is 49.4 Å². The van der Waals surface area contributed by atoms with Crippen molar-refractivity contribution in [3.63, 3.8) is 0 Å². The molecule has 1 N–H and O–H groups in total. The molecule has 2 aromatic rings. The molecule has 0 radical (unpaired) electrons. The minimum absolute atomic E-state index is 0.0623. The molecular weight excluding hydrogens is 366 g/mol. The van der Waals surface area contributed by atoms with E-state index in [0.29, 0.717) is 16.4 Å². The minimum Gasteiger partial charge on any atom is -0.325 e. The van der Waals surface area contributed by atoms with Crippen LogP contribution in [0, 0.1) is 18.7 Å². The van der Waals surface area contributed by atoms with Crippen molar-refractivity contribution in [1.29, 1.82) is 0 Å². The number of anilines is 2. The van der Waals surface area contributed by atoms with E-state index in [0.717, 1.165) is 5.56 Å². The van der Waals surface area contributed by atoms with E-state index >= 15 is 0 Å². The Labute approximate surface area is 154 Å². The number of benzene rings is 2. The van der Waals surface area contributed by atoms with Crippen molar-refractivity contribution in [2.24, 2.45) is 5.92 Å². The van der Waals surface area contributed by atoms with Gasteiger partial charge in [0.15, 0.2) is 0 Å². The van der Waals surface area contributed by atoms with Crippen LogP contribution in [-0.4, -0.2) is 18.4 Å². The Morgan fingerprint density at radius 2 is 2.00 bits per heavy atom. The summed E-state index contributed by atoms with van der Waals surface area (Å²) in [4.78, 5) is 26.2. The normalized spacial score (nSPS) is 17.0. The van der Waals surface area contributed by atoms with Gasteiger partial charge in [0.1, 0.15) is 5.82 Å². The number of amides is 2. The van der Waals surface area contributed by atoms with E-state index < -0.39 is 11.7 Å². The summed E-state index contributed by atoms with van der Waals surface area (Å²) in [5, 5.41) is 3.31. The lowest BCUT2D eigenvalue weighted by molar-refractivity contribution is -0.122. The number of nitrogens with one attached hydrogen (secondary N) is 1. The Hall–Kier alpha value is -2.11. The fourth-order valence-electron chi connectivity index (χ4n) is 2.76. The highest BCUT2D eigenvalue weighted by Gasteiger charge is 2.35. The molecule has 2 aromatic carbocycles. The molecule has 1 unspecified atom stereocenters. The summed E-state index contributed by atoms with van der Waals surface area (Å²) in [5.41, 5.74) is 1.86. The van der Waals surface area contributed by atoms with E-state index in [1.165, 1.54) is 23.1 Å². The molecule has 1 heterocycles. The van der Waals surface area contributed by atoms with Gasteiger partial charge in [-0.2, -0.15) is 0 Å². The maximum Gasteiger partial charge on any atom is 0.229 e. The van der Waals surface area contributed by atoms with Crippen LogP contribution in [0.15, 0.2) is 36.4 Å². The lowest BCUT2D eigenvalue weighted by atomic mass is 10.1. The second kappa shape index (κ2) is 7.02. The zero-order valence-corrected chi connectivity index (χ0v) is 14.9. The van der Waals surface area contributed by atoms with E-state index in [4.69, 9.17) is 23.2 Å². The number of rotatable bonds is 3. The van der Waals surface area contributed by atoms with Crippen LogP contribution >= 0.6 is 23.2 Å². The molecule has 0 saturated carbocycles. The van der Waals surface area contributed by atoms with Gasteiger partial charge in [0, 0.05) is 29.4 Å². The van der Waals surface area contributed by atoms with Crippen LogP contribution in [0.25, 0.3) is 0 Å². The third-order valence-corrected chi connectivity index (χ3v) is 4.94. The third-order valence-electron chi connectivity index (χ3n) is 4.24. The van der Waals surface area contributed by atoms with Gasteiger partial charge in [-0.05, 0) is 42.8 Å². The van der Waals surface area contributed by atoms with E-state index in [-0.39, 0.29) is 29.8 Å². The molecule has 7 heteroatoms. The van der Waals surface area contributed by atoms with E-state index in [2.05, 4.69) is 5.32 Å². The molecule has 1 aliphatic rings. The van der Waals surface area contributed by atoms with Crippen molar-refractivity contribution in [3.05, 3.63) is 57.8 Å². The molecule has 0 aliphatic carbocycles. The summed E-state index contributed by atoms with van der Waals surface area (Å²) >= 11 is 11.8. The summed E-state index contributed by atoms with van der Waals surface area (Å²) < 4.78 is 13.3. The van der Waals surface area contributed by atoms with Gasteiger partial charge in [-0.3, -0.25) is 9.59 Å². The summed E-state index contributed by atoms with van der Waals surface area (Å²) in [6.07, 6.45) is 0.0838. The lowest BCUT2D eigenvalue weighted by Crippen LogP contribution is -2.28. The standard InChI is InChI=1S/C18H15Cl2FN2O2/c1-10-13(19)3-2-4-16(10)22-18(25)11-7-17(24)23(9-11)12-5-6-15(21)14(20)8-12/h2-6,8,11H,7,9H2,1H3,(H,22,25). The van der Waals surface area contributed by atoms with Crippen LogP contribution < -0.4 is 10.2 Å². The average molecular weight is 381 g/mol. The molecule has 2 amide bonds. The number of carbonyl (C=O) groups is 2. The number of hydrogen-bond donors (Lipinski definition) is 1. The highest BCUT2D eigenvalue weighted by Crippen LogP contribution is 2.30. The number of hydrogen-bond acceptors (Lipinski definition) is 2. The van der Waals surface area contributed by atoms with Gasteiger partial charge >= 0.3 is 0 Å². The smallest absolute Gasteiger partial charge is 0.229 e. The monoisotopic (exact) mass is 380 g/mol. The number of nitrogens with zero attached hydrogens (tertiary/aromatic N) is 1. The fourth-order valence-corrected chi connectivity index (χ4v) is 3.11. The van der Waals surface area contributed by atoms with Gasteiger partial charge in [0.05, 0.1) is 10.9 Å². The van der Waals surface area contributed by atoms with Crippen molar-refractivity contribution >= 4 is 46.4 Å². The average Bonchev–Trinajstić information content (AvgIpc) is 2.96. The van der Waals surface area contributed by atoms with Crippen molar-refractivity contribution in [2.75, 3.05) is 16.8 Å². The zero-order chi connectivity index (χ0) is 18.1. The summed E-state index contributed by atoms with van der Waals surface area (Å²) in [5.74, 6) is -1.52.